The second-order valence-electron chi connectivity index (χ2n) is 4.67. The van der Waals surface area contributed by atoms with Crippen LogP contribution in [-0.2, 0) is 22.5 Å². The first-order valence-corrected chi connectivity index (χ1v) is 7.36. The quantitative estimate of drug-likeness (QED) is 0.607. The van der Waals surface area contributed by atoms with Crippen molar-refractivity contribution in [1.82, 2.24) is 9.55 Å². The molecule has 4 nitrogen and oxygen atoms in total. The Balaban J connectivity index is 2.28. The normalized spacial score (nSPS) is 10.9. The molecule has 0 N–H and O–H groups in total. The number of ether oxygens (including phenoxy) is 1. The molecule has 5 heteroatoms. The summed E-state index contributed by atoms with van der Waals surface area (Å²) in [7, 11) is 0. The summed E-state index contributed by atoms with van der Waals surface area (Å²) < 4.78 is 7.04. The number of nitrogens with zero attached hydrogens (tertiary/aromatic N) is 2. The molecule has 0 bridgehead atoms. The number of fused-ring (bicyclic) bond motifs is 1. The minimum Gasteiger partial charge on any atom is -0.466 e. The van der Waals surface area contributed by atoms with E-state index in [1.807, 2.05) is 26.0 Å². The number of imidazole rings is 1. The van der Waals surface area contributed by atoms with Gasteiger partial charge >= 0.3 is 5.97 Å². The molecule has 0 aliphatic heterocycles. The molecular weight excluding hydrogens is 276 g/mol. The van der Waals surface area contributed by atoms with Gasteiger partial charge in [-0.05, 0) is 31.5 Å². The predicted molar refractivity (Wildman–Crippen MR) is 80.1 cm³/mol. The summed E-state index contributed by atoms with van der Waals surface area (Å²) in [6.07, 6.45) is 1.04. The second kappa shape index (κ2) is 6.75. The molecule has 1 aromatic heterocycles. The van der Waals surface area contributed by atoms with Crippen LogP contribution in [0.2, 0.25) is 0 Å². The van der Waals surface area contributed by atoms with Gasteiger partial charge in [0.2, 0.25) is 0 Å². The number of hydrogen-bond acceptors (Lipinski definition) is 3. The van der Waals surface area contributed by atoms with Crippen molar-refractivity contribution in [3.8, 4) is 0 Å². The Bertz CT molecular complexity index is 607. The number of carbonyl (C=O) groups is 1. The van der Waals surface area contributed by atoms with Crippen molar-refractivity contribution in [3.63, 3.8) is 0 Å². The third-order valence-corrected chi connectivity index (χ3v) is 3.33. The fourth-order valence-electron chi connectivity index (χ4n) is 2.25. The number of esters is 1. The van der Waals surface area contributed by atoms with E-state index in [1.165, 1.54) is 5.56 Å². The molecule has 1 heterocycles. The lowest BCUT2D eigenvalue weighted by atomic mass is 10.2. The minimum absolute atomic E-state index is 0.182. The van der Waals surface area contributed by atoms with Gasteiger partial charge in [0, 0.05) is 18.8 Å². The van der Waals surface area contributed by atoms with Crippen LogP contribution in [0.4, 0.5) is 0 Å². The van der Waals surface area contributed by atoms with E-state index in [4.69, 9.17) is 16.3 Å². The Hall–Kier alpha value is -1.55. The van der Waals surface area contributed by atoms with Crippen LogP contribution < -0.4 is 0 Å². The highest BCUT2D eigenvalue weighted by Crippen LogP contribution is 2.19. The van der Waals surface area contributed by atoms with Crippen LogP contribution in [-0.4, -0.2) is 28.0 Å². The number of benzene rings is 1. The van der Waals surface area contributed by atoms with Gasteiger partial charge in [-0.15, -0.1) is 11.6 Å². The van der Waals surface area contributed by atoms with Crippen LogP contribution in [0.15, 0.2) is 18.2 Å². The van der Waals surface area contributed by atoms with Crippen molar-refractivity contribution >= 4 is 28.6 Å². The summed E-state index contributed by atoms with van der Waals surface area (Å²) in [6.45, 7) is 4.84. The fourth-order valence-corrected chi connectivity index (χ4v) is 2.42. The Morgan fingerprint density at radius 2 is 2.25 bits per heavy atom. The van der Waals surface area contributed by atoms with Gasteiger partial charge in [0.05, 0.1) is 24.1 Å². The van der Waals surface area contributed by atoms with E-state index in [-0.39, 0.29) is 5.97 Å². The van der Waals surface area contributed by atoms with Gasteiger partial charge in [-0.25, -0.2) is 4.98 Å². The van der Waals surface area contributed by atoms with Crippen LogP contribution in [0.1, 0.15) is 24.7 Å². The van der Waals surface area contributed by atoms with Crippen molar-refractivity contribution in [2.75, 3.05) is 12.5 Å². The number of carbonyl (C=O) groups excluding carboxylic acids is 1. The average Bonchev–Trinajstić information content (AvgIpc) is 2.74. The first-order chi connectivity index (χ1) is 9.65. The van der Waals surface area contributed by atoms with Gasteiger partial charge in [0.25, 0.3) is 0 Å². The standard InChI is InChI=1S/C15H19ClN2O2/c1-3-20-15(19)7-9-18-13-5-4-11(2)10-12(13)17-14(18)6-8-16/h4-5,10H,3,6-9H2,1-2H3. The molecule has 0 radical (unpaired) electrons. The highest BCUT2D eigenvalue weighted by Gasteiger charge is 2.12. The molecular formula is C15H19ClN2O2. The lowest BCUT2D eigenvalue weighted by Crippen LogP contribution is -2.11. The smallest absolute Gasteiger partial charge is 0.307 e. The summed E-state index contributed by atoms with van der Waals surface area (Å²) >= 11 is 5.83. The molecule has 0 amide bonds. The van der Waals surface area contributed by atoms with E-state index in [0.29, 0.717) is 31.9 Å². The molecule has 0 aliphatic rings. The molecule has 0 aliphatic carbocycles. The van der Waals surface area contributed by atoms with Gasteiger partial charge in [-0.1, -0.05) is 6.07 Å². The highest BCUT2D eigenvalue weighted by atomic mass is 35.5. The fraction of sp³-hybridized carbons (Fsp3) is 0.467. The molecule has 0 spiro atoms. The zero-order valence-electron chi connectivity index (χ0n) is 11.9. The first kappa shape index (κ1) is 14.9. The zero-order chi connectivity index (χ0) is 14.5. The molecule has 108 valence electrons. The number of rotatable bonds is 6. The summed E-state index contributed by atoms with van der Waals surface area (Å²) in [6, 6.07) is 6.14. The summed E-state index contributed by atoms with van der Waals surface area (Å²) in [5.41, 5.74) is 3.17. The lowest BCUT2D eigenvalue weighted by Gasteiger charge is -2.08. The highest BCUT2D eigenvalue weighted by molar-refractivity contribution is 6.17. The molecule has 2 aromatic rings. The Kier molecular flexibility index (Phi) is 5.01. The SMILES string of the molecule is CCOC(=O)CCn1c(CCCl)nc2cc(C)ccc21. The molecule has 0 fully saturated rings. The second-order valence-corrected chi connectivity index (χ2v) is 5.04. The van der Waals surface area contributed by atoms with Crippen LogP contribution in [0, 0.1) is 6.92 Å². The zero-order valence-corrected chi connectivity index (χ0v) is 12.6. The van der Waals surface area contributed by atoms with Crippen molar-refractivity contribution < 1.29 is 9.53 Å². The van der Waals surface area contributed by atoms with Crippen molar-refractivity contribution in [3.05, 3.63) is 29.6 Å². The molecule has 0 saturated carbocycles. The largest absolute Gasteiger partial charge is 0.466 e. The number of aromatic nitrogens is 2. The molecule has 0 atom stereocenters. The Morgan fingerprint density at radius 3 is 2.95 bits per heavy atom. The molecule has 2 rings (SSSR count). The molecule has 20 heavy (non-hydrogen) atoms. The summed E-state index contributed by atoms with van der Waals surface area (Å²) in [4.78, 5) is 16.1. The third kappa shape index (κ3) is 3.31. The lowest BCUT2D eigenvalue weighted by molar-refractivity contribution is -0.143. The number of alkyl halides is 1. The van der Waals surface area contributed by atoms with E-state index >= 15 is 0 Å². The van der Waals surface area contributed by atoms with Crippen molar-refractivity contribution in [2.45, 2.75) is 33.2 Å². The van der Waals surface area contributed by atoms with E-state index < -0.39 is 0 Å². The van der Waals surface area contributed by atoms with Gasteiger partial charge in [0.15, 0.2) is 0 Å². The van der Waals surface area contributed by atoms with Crippen molar-refractivity contribution in [2.24, 2.45) is 0 Å². The van der Waals surface area contributed by atoms with Crippen molar-refractivity contribution in [1.29, 1.82) is 0 Å². The number of aryl methyl sites for hydroxylation is 3. The molecule has 0 unspecified atom stereocenters. The Morgan fingerprint density at radius 1 is 1.45 bits per heavy atom. The van der Waals surface area contributed by atoms with Gasteiger partial charge in [0.1, 0.15) is 5.82 Å². The van der Waals surface area contributed by atoms with Gasteiger partial charge in [-0.3, -0.25) is 4.79 Å². The maximum absolute atomic E-state index is 11.5. The van der Waals surface area contributed by atoms with Gasteiger partial charge in [-0.2, -0.15) is 0 Å². The maximum atomic E-state index is 11.5. The summed E-state index contributed by atoms with van der Waals surface area (Å²) in [5.74, 6) is 1.25. The number of halogens is 1. The third-order valence-electron chi connectivity index (χ3n) is 3.15. The first-order valence-electron chi connectivity index (χ1n) is 6.83. The monoisotopic (exact) mass is 294 g/mol. The van der Waals surface area contributed by atoms with E-state index in [2.05, 4.69) is 15.6 Å². The molecule has 0 saturated heterocycles. The maximum Gasteiger partial charge on any atom is 0.307 e. The van der Waals surface area contributed by atoms with E-state index in [0.717, 1.165) is 16.9 Å². The molecule has 1 aromatic carbocycles. The Labute approximate surface area is 123 Å². The minimum atomic E-state index is -0.182. The van der Waals surface area contributed by atoms with Crippen LogP contribution in [0.3, 0.4) is 0 Å². The van der Waals surface area contributed by atoms with Gasteiger partial charge < -0.3 is 9.30 Å². The van der Waals surface area contributed by atoms with Crippen LogP contribution >= 0.6 is 11.6 Å². The average molecular weight is 295 g/mol. The van der Waals surface area contributed by atoms with E-state index in [1.54, 1.807) is 0 Å². The topological polar surface area (TPSA) is 44.1 Å². The van der Waals surface area contributed by atoms with Crippen LogP contribution in [0.25, 0.3) is 11.0 Å². The number of hydrogen-bond donors (Lipinski definition) is 0. The summed E-state index contributed by atoms with van der Waals surface area (Å²) in [5, 5.41) is 0. The van der Waals surface area contributed by atoms with Crippen LogP contribution in [0.5, 0.6) is 0 Å². The predicted octanol–water partition coefficient (Wildman–Crippen LogP) is 3.08. The van der Waals surface area contributed by atoms with E-state index in [9.17, 15) is 4.79 Å².